The van der Waals surface area contributed by atoms with E-state index >= 15 is 0 Å². The van der Waals surface area contributed by atoms with E-state index in [1.54, 1.807) is 36.1 Å². The summed E-state index contributed by atoms with van der Waals surface area (Å²) < 4.78 is 0. The van der Waals surface area contributed by atoms with Gasteiger partial charge in [0.05, 0.1) is 18.2 Å². The van der Waals surface area contributed by atoms with E-state index in [0.717, 1.165) is 0 Å². The summed E-state index contributed by atoms with van der Waals surface area (Å²) in [5.74, 6) is -0.404. The van der Waals surface area contributed by atoms with Crippen LogP contribution in [-0.4, -0.2) is 56.5 Å². The maximum Gasteiger partial charge on any atom is 0.254 e. The summed E-state index contributed by atoms with van der Waals surface area (Å²) in [6.07, 6.45) is -3.27. The van der Waals surface area contributed by atoms with Crippen molar-refractivity contribution in [2.24, 2.45) is 5.92 Å². The van der Waals surface area contributed by atoms with Crippen LogP contribution in [-0.2, 0) is 0 Å². The molecule has 1 saturated heterocycles. The molecule has 1 aliphatic heterocycles. The third-order valence-electron chi connectivity index (χ3n) is 4.28. The molecule has 1 saturated carbocycles. The van der Waals surface area contributed by atoms with Crippen molar-refractivity contribution in [3.8, 4) is 0 Å². The summed E-state index contributed by atoms with van der Waals surface area (Å²) in [5, 5.41) is 29.5. The first-order chi connectivity index (χ1) is 9.04. The highest BCUT2D eigenvalue weighted by atomic mass is 16.4. The molecule has 1 heterocycles. The van der Waals surface area contributed by atoms with Crippen molar-refractivity contribution in [1.29, 1.82) is 0 Å². The molecule has 0 aromatic heterocycles. The average Bonchev–Trinajstić information content (AvgIpc) is 3.18. The fourth-order valence-electron chi connectivity index (χ4n) is 3.12. The Labute approximate surface area is 111 Å². The van der Waals surface area contributed by atoms with Crippen molar-refractivity contribution in [3.63, 3.8) is 0 Å². The van der Waals surface area contributed by atoms with Crippen LogP contribution in [0.15, 0.2) is 30.3 Å². The summed E-state index contributed by atoms with van der Waals surface area (Å²) in [6.45, 7) is 1.79. The van der Waals surface area contributed by atoms with Gasteiger partial charge in [0.15, 0.2) is 0 Å². The van der Waals surface area contributed by atoms with E-state index in [-0.39, 0.29) is 23.9 Å². The zero-order valence-corrected chi connectivity index (χ0v) is 10.5. The quantitative estimate of drug-likeness (QED) is 0.603. The van der Waals surface area contributed by atoms with Crippen LogP contribution in [0.1, 0.15) is 17.3 Å². The molecule has 102 valence electrons. The zero-order valence-electron chi connectivity index (χ0n) is 10.5. The fourth-order valence-corrected chi connectivity index (χ4v) is 3.12. The Bertz CT molecular complexity index is 471. The lowest BCUT2D eigenvalue weighted by atomic mass is 9.84. The molecule has 0 unspecified atom stereocenters. The average molecular weight is 263 g/mol. The van der Waals surface area contributed by atoms with Crippen LogP contribution in [0.3, 0.4) is 0 Å². The minimum absolute atomic E-state index is 0.164. The monoisotopic (exact) mass is 263 g/mol. The van der Waals surface area contributed by atoms with Gasteiger partial charge >= 0.3 is 0 Å². The minimum atomic E-state index is -1.19. The number of rotatable bonds is 1. The number of hydrogen-bond donors (Lipinski definition) is 3. The van der Waals surface area contributed by atoms with Crippen LogP contribution in [0.2, 0.25) is 0 Å². The lowest BCUT2D eigenvalue weighted by Gasteiger charge is -2.30. The second-order valence-electron chi connectivity index (χ2n) is 5.39. The second kappa shape index (κ2) is 4.30. The Hall–Kier alpha value is -1.43. The molecule has 3 N–H and O–H groups in total. The molecule has 5 heteroatoms. The molecule has 5 nitrogen and oxygen atoms in total. The van der Waals surface area contributed by atoms with E-state index in [0.29, 0.717) is 5.56 Å². The van der Waals surface area contributed by atoms with E-state index < -0.39 is 18.3 Å². The second-order valence-corrected chi connectivity index (χ2v) is 5.39. The number of fused-ring (bicyclic) bond motifs is 1. The molecule has 6 atom stereocenters. The van der Waals surface area contributed by atoms with E-state index in [1.165, 1.54) is 0 Å². The molecular formula is C14H17NO4. The fraction of sp³-hybridized carbons (Fsp3) is 0.500. The van der Waals surface area contributed by atoms with E-state index in [4.69, 9.17) is 0 Å². The largest absolute Gasteiger partial charge is 0.390 e. The number of hydrogen-bond acceptors (Lipinski definition) is 4. The third-order valence-corrected chi connectivity index (χ3v) is 4.28. The molecule has 0 bridgehead atoms. The maximum atomic E-state index is 12.3. The number of nitrogens with zero attached hydrogens (tertiary/aromatic N) is 1. The smallest absolute Gasteiger partial charge is 0.254 e. The van der Waals surface area contributed by atoms with Crippen molar-refractivity contribution in [3.05, 3.63) is 35.9 Å². The molecule has 3 rings (SSSR count). The first-order valence-corrected chi connectivity index (χ1v) is 6.46. The van der Waals surface area contributed by atoms with Gasteiger partial charge in [-0.3, -0.25) is 4.79 Å². The van der Waals surface area contributed by atoms with Gasteiger partial charge in [0.1, 0.15) is 12.2 Å². The lowest BCUT2D eigenvalue weighted by molar-refractivity contribution is -0.0937. The van der Waals surface area contributed by atoms with E-state index in [9.17, 15) is 20.1 Å². The molecule has 0 radical (unpaired) electrons. The summed E-state index contributed by atoms with van der Waals surface area (Å²) in [5.41, 5.74) is 0.556. The van der Waals surface area contributed by atoms with Crippen LogP contribution in [0.4, 0.5) is 0 Å². The molecular weight excluding hydrogens is 246 g/mol. The molecule has 1 aliphatic carbocycles. The summed E-state index contributed by atoms with van der Waals surface area (Å²) in [4.78, 5) is 13.9. The van der Waals surface area contributed by atoms with Crippen LogP contribution < -0.4 is 0 Å². The zero-order chi connectivity index (χ0) is 13.7. The van der Waals surface area contributed by atoms with Gasteiger partial charge in [0.25, 0.3) is 5.91 Å². The number of carbonyl (C=O) groups excluding carboxylic acids is 1. The first kappa shape index (κ1) is 12.6. The molecule has 1 aromatic rings. The van der Waals surface area contributed by atoms with Crippen molar-refractivity contribution in [2.45, 2.75) is 37.3 Å². The number of aliphatic hydroxyl groups is 3. The highest BCUT2D eigenvalue weighted by Gasteiger charge is 2.64. The maximum absolute atomic E-state index is 12.3. The predicted octanol–water partition coefficient (Wildman–Crippen LogP) is -0.388. The van der Waals surface area contributed by atoms with Crippen molar-refractivity contribution < 1.29 is 20.1 Å². The SMILES string of the molecule is C[C@H]1[C@@H](O)[C@@H](O)[C@H](O)[C@H]2[C@@H]1N2C(=O)c1ccccc1. The van der Waals surface area contributed by atoms with Crippen LogP contribution in [0.25, 0.3) is 0 Å². The minimum Gasteiger partial charge on any atom is -0.390 e. The van der Waals surface area contributed by atoms with Gasteiger partial charge in [0.2, 0.25) is 0 Å². The van der Waals surface area contributed by atoms with Gasteiger partial charge in [-0.2, -0.15) is 0 Å². The molecule has 2 fully saturated rings. The molecule has 19 heavy (non-hydrogen) atoms. The van der Waals surface area contributed by atoms with E-state index in [1.807, 2.05) is 6.07 Å². The summed E-state index contributed by atoms with van der Waals surface area (Å²) in [7, 11) is 0. The van der Waals surface area contributed by atoms with Crippen LogP contribution in [0, 0.1) is 5.92 Å². The number of likely N-dealkylation sites (tertiary alicyclic amines) is 1. The molecule has 0 spiro atoms. The number of amides is 1. The summed E-state index contributed by atoms with van der Waals surface area (Å²) in [6, 6.07) is 8.25. The molecule has 1 amide bonds. The van der Waals surface area contributed by atoms with Gasteiger partial charge in [-0.05, 0) is 12.1 Å². The van der Waals surface area contributed by atoms with Crippen molar-refractivity contribution >= 4 is 5.91 Å². The Morgan fingerprint density at radius 3 is 2.26 bits per heavy atom. The standard InChI is InChI=1S/C14H17NO4/c1-7-9-10(12(17)13(18)11(7)16)15(9)14(19)8-5-3-2-4-6-8/h2-7,9-13,16-18H,1H3/t7-,9-,10-,11-,12-,13-,15?/m1/s1. The van der Waals surface area contributed by atoms with Gasteiger partial charge in [0, 0.05) is 11.5 Å². The Kier molecular flexibility index (Phi) is 2.85. The predicted molar refractivity (Wildman–Crippen MR) is 67.4 cm³/mol. The van der Waals surface area contributed by atoms with Crippen LogP contribution >= 0.6 is 0 Å². The molecule has 2 aliphatic rings. The van der Waals surface area contributed by atoms with Gasteiger partial charge in [-0.25, -0.2) is 0 Å². The van der Waals surface area contributed by atoms with Gasteiger partial charge in [-0.15, -0.1) is 0 Å². The third kappa shape index (κ3) is 1.77. The Morgan fingerprint density at radius 1 is 1.00 bits per heavy atom. The molecule has 1 aromatic carbocycles. The van der Waals surface area contributed by atoms with Crippen molar-refractivity contribution in [1.82, 2.24) is 4.90 Å². The first-order valence-electron chi connectivity index (χ1n) is 6.46. The van der Waals surface area contributed by atoms with Crippen molar-refractivity contribution in [2.75, 3.05) is 0 Å². The highest BCUT2D eigenvalue weighted by Crippen LogP contribution is 2.45. The Morgan fingerprint density at radius 2 is 1.63 bits per heavy atom. The van der Waals surface area contributed by atoms with Crippen LogP contribution in [0.5, 0.6) is 0 Å². The normalized spacial score (nSPS) is 40.7. The number of carbonyl (C=O) groups is 1. The lowest BCUT2D eigenvalue weighted by Crippen LogP contribution is -2.50. The Balaban J connectivity index is 1.84. The summed E-state index contributed by atoms with van der Waals surface area (Å²) >= 11 is 0. The number of aliphatic hydroxyl groups excluding tert-OH is 3. The van der Waals surface area contributed by atoms with Gasteiger partial charge < -0.3 is 20.2 Å². The highest BCUT2D eigenvalue weighted by molar-refractivity contribution is 5.96. The number of benzene rings is 1. The topological polar surface area (TPSA) is 80.8 Å². The van der Waals surface area contributed by atoms with E-state index in [2.05, 4.69) is 0 Å². The van der Waals surface area contributed by atoms with Gasteiger partial charge in [-0.1, -0.05) is 25.1 Å².